The first kappa shape index (κ1) is 10.3. The SMILES string of the molecule is COc1ccc(N)c(NC(=O)CN)c1. The molecule has 0 atom stereocenters. The van der Waals surface area contributed by atoms with Gasteiger partial charge >= 0.3 is 0 Å². The fraction of sp³-hybridized carbons (Fsp3) is 0.222. The number of hydrogen-bond acceptors (Lipinski definition) is 4. The molecule has 0 saturated heterocycles. The Hall–Kier alpha value is -1.75. The van der Waals surface area contributed by atoms with E-state index in [0.717, 1.165) is 0 Å². The number of ether oxygens (including phenoxy) is 1. The molecule has 0 spiro atoms. The molecule has 0 unspecified atom stereocenters. The highest BCUT2D eigenvalue weighted by Gasteiger charge is 2.04. The molecule has 5 heteroatoms. The molecule has 0 radical (unpaired) electrons. The van der Waals surface area contributed by atoms with Crippen LogP contribution in [-0.4, -0.2) is 19.6 Å². The van der Waals surface area contributed by atoms with E-state index in [9.17, 15) is 4.79 Å². The number of amides is 1. The van der Waals surface area contributed by atoms with Gasteiger partial charge in [0.05, 0.1) is 25.0 Å². The van der Waals surface area contributed by atoms with E-state index in [1.807, 2.05) is 0 Å². The van der Waals surface area contributed by atoms with Crippen LogP contribution >= 0.6 is 0 Å². The van der Waals surface area contributed by atoms with E-state index in [0.29, 0.717) is 17.1 Å². The smallest absolute Gasteiger partial charge is 0.238 e. The van der Waals surface area contributed by atoms with Crippen LogP contribution < -0.4 is 21.5 Å². The van der Waals surface area contributed by atoms with Crippen LogP contribution in [0.3, 0.4) is 0 Å². The summed E-state index contributed by atoms with van der Waals surface area (Å²) in [7, 11) is 1.54. The lowest BCUT2D eigenvalue weighted by Crippen LogP contribution is -2.22. The highest BCUT2D eigenvalue weighted by Crippen LogP contribution is 2.23. The molecule has 0 aliphatic carbocycles. The van der Waals surface area contributed by atoms with Gasteiger partial charge in [-0.15, -0.1) is 0 Å². The Morgan fingerprint density at radius 3 is 2.86 bits per heavy atom. The van der Waals surface area contributed by atoms with Crippen LogP contribution in [0.5, 0.6) is 5.75 Å². The highest BCUT2D eigenvalue weighted by atomic mass is 16.5. The summed E-state index contributed by atoms with van der Waals surface area (Å²) in [6.07, 6.45) is 0. The molecule has 0 fully saturated rings. The molecule has 0 bridgehead atoms. The Labute approximate surface area is 82.0 Å². The number of hydrogen-bond donors (Lipinski definition) is 3. The minimum absolute atomic E-state index is 0.0728. The zero-order valence-corrected chi connectivity index (χ0v) is 7.91. The van der Waals surface area contributed by atoms with Crippen molar-refractivity contribution in [3.8, 4) is 5.75 Å². The molecule has 0 saturated carbocycles. The van der Waals surface area contributed by atoms with Crippen LogP contribution in [0.4, 0.5) is 11.4 Å². The molecule has 5 nitrogen and oxygen atoms in total. The van der Waals surface area contributed by atoms with E-state index in [4.69, 9.17) is 16.2 Å². The third kappa shape index (κ3) is 2.37. The topological polar surface area (TPSA) is 90.4 Å². The van der Waals surface area contributed by atoms with Crippen LogP contribution in [0.15, 0.2) is 18.2 Å². The summed E-state index contributed by atoms with van der Waals surface area (Å²) in [6, 6.07) is 5.02. The molecule has 0 heterocycles. The van der Waals surface area contributed by atoms with Gasteiger partial charge in [-0.3, -0.25) is 4.79 Å². The lowest BCUT2D eigenvalue weighted by Gasteiger charge is -2.08. The summed E-state index contributed by atoms with van der Waals surface area (Å²) in [5, 5.41) is 2.57. The predicted octanol–water partition coefficient (Wildman–Crippen LogP) is 0.175. The molecule has 1 aromatic carbocycles. The summed E-state index contributed by atoms with van der Waals surface area (Å²) >= 11 is 0. The van der Waals surface area contributed by atoms with Crippen molar-refractivity contribution >= 4 is 17.3 Å². The average molecular weight is 195 g/mol. The van der Waals surface area contributed by atoms with Crippen molar-refractivity contribution in [1.82, 2.24) is 0 Å². The third-order valence-electron chi connectivity index (χ3n) is 1.72. The second kappa shape index (κ2) is 4.48. The number of rotatable bonds is 3. The Morgan fingerprint density at radius 2 is 2.29 bits per heavy atom. The predicted molar refractivity (Wildman–Crippen MR) is 55.1 cm³/mol. The van der Waals surface area contributed by atoms with E-state index in [1.165, 1.54) is 0 Å². The van der Waals surface area contributed by atoms with E-state index in [-0.39, 0.29) is 12.5 Å². The number of methoxy groups -OCH3 is 1. The molecule has 76 valence electrons. The second-order valence-electron chi connectivity index (χ2n) is 2.71. The number of nitrogen functional groups attached to an aromatic ring is 1. The zero-order chi connectivity index (χ0) is 10.6. The van der Waals surface area contributed by atoms with Crippen LogP contribution in [0.2, 0.25) is 0 Å². The molecule has 1 amide bonds. The maximum absolute atomic E-state index is 11.0. The molecule has 0 aliphatic heterocycles. The van der Waals surface area contributed by atoms with Crippen LogP contribution in [0.25, 0.3) is 0 Å². The molecule has 0 aliphatic rings. The van der Waals surface area contributed by atoms with E-state index in [2.05, 4.69) is 5.32 Å². The quantitative estimate of drug-likeness (QED) is 0.600. The molecular formula is C9H13N3O2. The number of benzene rings is 1. The van der Waals surface area contributed by atoms with Crippen molar-refractivity contribution in [2.24, 2.45) is 5.73 Å². The van der Waals surface area contributed by atoms with Gasteiger partial charge in [-0.05, 0) is 12.1 Å². The van der Waals surface area contributed by atoms with Crippen molar-refractivity contribution in [3.05, 3.63) is 18.2 Å². The number of nitrogens with two attached hydrogens (primary N) is 2. The molecule has 5 N–H and O–H groups in total. The van der Waals surface area contributed by atoms with Crippen molar-refractivity contribution in [1.29, 1.82) is 0 Å². The number of carbonyl (C=O) groups excluding carboxylic acids is 1. The maximum Gasteiger partial charge on any atom is 0.238 e. The fourth-order valence-corrected chi connectivity index (χ4v) is 0.972. The van der Waals surface area contributed by atoms with Crippen molar-refractivity contribution < 1.29 is 9.53 Å². The normalized spacial score (nSPS) is 9.57. The lowest BCUT2D eigenvalue weighted by molar-refractivity contribution is -0.114. The number of anilines is 2. The number of nitrogens with one attached hydrogen (secondary N) is 1. The summed E-state index contributed by atoms with van der Waals surface area (Å²) in [5.74, 6) is 0.344. The van der Waals surface area contributed by atoms with Gasteiger partial charge in [0.25, 0.3) is 0 Å². The van der Waals surface area contributed by atoms with Crippen molar-refractivity contribution in [3.63, 3.8) is 0 Å². The summed E-state index contributed by atoms with van der Waals surface area (Å²) < 4.78 is 4.99. The van der Waals surface area contributed by atoms with E-state index < -0.39 is 0 Å². The summed E-state index contributed by atoms with van der Waals surface area (Å²) in [4.78, 5) is 11.0. The molecule has 1 rings (SSSR count). The summed E-state index contributed by atoms with van der Waals surface area (Å²) in [6.45, 7) is -0.0728. The minimum atomic E-state index is -0.287. The van der Waals surface area contributed by atoms with Gasteiger partial charge in [0, 0.05) is 6.07 Å². The Kier molecular flexibility index (Phi) is 3.30. The first-order valence-electron chi connectivity index (χ1n) is 4.11. The van der Waals surface area contributed by atoms with Gasteiger partial charge in [0.15, 0.2) is 0 Å². The zero-order valence-electron chi connectivity index (χ0n) is 7.91. The molecule has 0 aromatic heterocycles. The van der Waals surface area contributed by atoms with E-state index in [1.54, 1.807) is 25.3 Å². The molecular weight excluding hydrogens is 182 g/mol. The largest absolute Gasteiger partial charge is 0.497 e. The van der Waals surface area contributed by atoms with Gasteiger partial charge in [-0.1, -0.05) is 0 Å². The summed E-state index contributed by atoms with van der Waals surface area (Å²) in [5.41, 5.74) is 11.8. The van der Waals surface area contributed by atoms with Crippen LogP contribution in [0, 0.1) is 0 Å². The average Bonchev–Trinajstić information content (AvgIpc) is 2.21. The van der Waals surface area contributed by atoms with Gasteiger partial charge in [-0.2, -0.15) is 0 Å². The Bertz CT molecular complexity index is 339. The monoisotopic (exact) mass is 195 g/mol. The van der Waals surface area contributed by atoms with Gasteiger partial charge in [0.1, 0.15) is 5.75 Å². The van der Waals surface area contributed by atoms with Crippen LogP contribution in [-0.2, 0) is 4.79 Å². The van der Waals surface area contributed by atoms with Crippen molar-refractivity contribution in [2.45, 2.75) is 0 Å². The standard InChI is InChI=1S/C9H13N3O2/c1-14-6-2-3-7(11)8(4-6)12-9(13)5-10/h2-4H,5,10-11H2,1H3,(H,12,13). The Morgan fingerprint density at radius 1 is 1.57 bits per heavy atom. The van der Waals surface area contributed by atoms with Gasteiger partial charge in [0.2, 0.25) is 5.91 Å². The van der Waals surface area contributed by atoms with Gasteiger partial charge in [-0.25, -0.2) is 0 Å². The lowest BCUT2D eigenvalue weighted by atomic mass is 10.2. The van der Waals surface area contributed by atoms with Crippen LogP contribution in [0.1, 0.15) is 0 Å². The maximum atomic E-state index is 11.0. The Balaban J connectivity index is 2.89. The first-order valence-corrected chi connectivity index (χ1v) is 4.11. The fourth-order valence-electron chi connectivity index (χ4n) is 0.972. The van der Waals surface area contributed by atoms with Crippen molar-refractivity contribution in [2.75, 3.05) is 24.7 Å². The molecule has 14 heavy (non-hydrogen) atoms. The second-order valence-corrected chi connectivity index (χ2v) is 2.71. The first-order chi connectivity index (χ1) is 6.67. The highest BCUT2D eigenvalue weighted by molar-refractivity contribution is 5.95. The molecule has 1 aromatic rings. The van der Waals surface area contributed by atoms with E-state index >= 15 is 0 Å². The van der Waals surface area contributed by atoms with Gasteiger partial charge < -0.3 is 21.5 Å². The minimum Gasteiger partial charge on any atom is -0.497 e. The number of carbonyl (C=O) groups is 1. The third-order valence-corrected chi connectivity index (χ3v) is 1.72.